The molecule has 0 aliphatic heterocycles. The summed E-state index contributed by atoms with van der Waals surface area (Å²) in [5.41, 5.74) is 10.6. The Morgan fingerprint density at radius 3 is 2.31 bits per heavy atom. The van der Waals surface area contributed by atoms with Crippen LogP contribution in [0.2, 0.25) is 0 Å². The molecule has 0 unspecified atom stereocenters. The lowest BCUT2D eigenvalue weighted by Crippen LogP contribution is -2.18. The lowest BCUT2D eigenvalue weighted by atomic mass is 9.91. The van der Waals surface area contributed by atoms with Crippen molar-refractivity contribution in [2.24, 2.45) is 0 Å². The predicted molar refractivity (Wildman–Crippen MR) is 210 cm³/mol. The largest absolute Gasteiger partial charge is 0.454 e. The Morgan fingerprint density at radius 1 is 0.633 bits per heavy atom. The van der Waals surface area contributed by atoms with Gasteiger partial charge in [0.1, 0.15) is 5.58 Å². The number of rotatable bonds is 5. The maximum Gasteiger partial charge on any atom is 0.159 e. The van der Waals surface area contributed by atoms with Crippen molar-refractivity contribution in [1.29, 1.82) is 0 Å². The third-order valence-electron chi connectivity index (χ3n) is 10.2. The van der Waals surface area contributed by atoms with Crippen LogP contribution in [0.15, 0.2) is 173 Å². The van der Waals surface area contributed by atoms with Crippen molar-refractivity contribution < 1.29 is 4.42 Å². The highest BCUT2D eigenvalue weighted by atomic mass is 32.1. The summed E-state index contributed by atoms with van der Waals surface area (Å²) in [6.07, 6.45) is 15.8. The number of allylic oxidation sites excluding steroid dienone is 8. The minimum absolute atomic E-state index is 0.918. The molecule has 0 atom stereocenters. The number of fused-ring (bicyclic) bond motifs is 8. The molecule has 0 saturated carbocycles. The lowest BCUT2D eigenvalue weighted by molar-refractivity contribution is 0.668. The van der Waals surface area contributed by atoms with Gasteiger partial charge in [-0.2, -0.15) is 0 Å². The van der Waals surface area contributed by atoms with Crippen LogP contribution in [0.5, 0.6) is 0 Å². The molecule has 8 aromatic rings. The zero-order valence-electron chi connectivity index (χ0n) is 27.0. The van der Waals surface area contributed by atoms with E-state index in [1.807, 2.05) is 11.3 Å². The van der Waals surface area contributed by atoms with Gasteiger partial charge in [-0.15, -0.1) is 11.3 Å². The van der Waals surface area contributed by atoms with Crippen LogP contribution >= 0.6 is 11.3 Å². The van der Waals surface area contributed by atoms with Crippen LogP contribution in [0.4, 0.5) is 11.4 Å². The molecule has 10 rings (SSSR count). The molecule has 0 spiro atoms. The van der Waals surface area contributed by atoms with Crippen molar-refractivity contribution in [3.63, 3.8) is 0 Å². The molecule has 2 heterocycles. The molecule has 3 heteroatoms. The van der Waals surface area contributed by atoms with E-state index in [4.69, 9.17) is 4.42 Å². The minimum Gasteiger partial charge on any atom is -0.454 e. The summed E-state index contributed by atoms with van der Waals surface area (Å²) in [5.74, 6) is 0. The molecule has 2 aromatic heterocycles. The summed E-state index contributed by atoms with van der Waals surface area (Å²) in [6.45, 7) is 0. The van der Waals surface area contributed by atoms with Crippen LogP contribution in [0, 0.1) is 0 Å². The highest BCUT2D eigenvalue weighted by Gasteiger charge is 2.23. The van der Waals surface area contributed by atoms with Gasteiger partial charge in [-0.3, -0.25) is 0 Å². The average molecular weight is 648 g/mol. The summed E-state index contributed by atoms with van der Waals surface area (Å²) < 4.78 is 9.44. The number of benzene rings is 6. The van der Waals surface area contributed by atoms with Crippen molar-refractivity contribution in [2.75, 3.05) is 4.90 Å². The third kappa shape index (κ3) is 4.68. The van der Waals surface area contributed by atoms with Gasteiger partial charge in [-0.1, -0.05) is 115 Å². The van der Waals surface area contributed by atoms with Gasteiger partial charge in [0.15, 0.2) is 5.58 Å². The first-order chi connectivity index (χ1) is 24.3. The van der Waals surface area contributed by atoms with Crippen molar-refractivity contribution in [3.8, 4) is 11.1 Å². The van der Waals surface area contributed by atoms with Crippen molar-refractivity contribution in [2.45, 2.75) is 25.7 Å². The second-order valence-corrected chi connectivity index (χ2v) is 14.1. The number of hydrogen-bond donors (Lipinski definition) is 0. The molecule has 0 N–H and O–H groups in total. The summed E-state index contributed by atoms with van der Waals surface area (Å²) in [7, 11) is 0. The SMILES string of the molecule is C1=CC(C2=CC=C(N(c3ccc(-c4cccc5c4sc4ccccc45)cc3)c3cccc4c3oc3ccc5ccccc5c34)CC2)=CCC1. The Hall–Kier alpha value is -5.64. The number of anilines is 2. The Morgan fingerprint density at radius 2 is 1.45 bits per heavy atom. The van der Waals surface area contributed by atoms with E-state index < -0.39 is 0 Å². The van der Waals surface area contributed by atoms with Gasteiger partial charge in [0.2, 0.25) is 0 Å². The molecule has 0 radical (unpaired) electrons. The smallest absolute Gasteiger partial charge is 0.159 e. The number of thiophene rings is 1. The second kappa shape index (κ2) is 11.5. The fourth-order valence-corrected chi connectivity index (χ4v) is 9.10. The average Bonchev–Trinajstić information content (AvgIpc) is 3.75. The van der Waals surface area contributed by atoms with Crippen molar-refractivity contribution in [3.05, 3.63) is 169 Å². The van der Waals surface area contributed by atoms with Gasteiger partial charge >= 0.3 is 0 Å². The van der Waals surface area contributed by atoms with Gasteiger partial charge < -0.3 is 9.32 Å². The highest BCUT2D eigenvalue weighted by molar-refractivity contribution is 7.26. The minimum atomic E-state index is 0.918. The van der Waals surface area contributed by atoms with Crippen LogP contribution in [-0.4, -0.2) is 0 Å². The van der Waals surface area contributed by atoms with Crippen LogP contribution in [0.3, 0.4) is 0 Å². The molecular weight excluding hydrogens is 615 g/mol. The van der Waals surface area contributed by atoms with E-state index in [1.54, 1.807) is 0 Å². The first-order valence-electron chi connectivity index (χ1n) is 17.2. The van der Waals surface area contributed by atoms with Crippen LogP contribution in [-0.2, 0) is 0 Å². The first kappa shape index (κ1) is 28.4. The zero-order chi connectivity index (χ0) is 32.3. The van der Waals surface area contributed by atoms with Crippen molar-refractivity contribution >= 4 is 75.6 Å². The summed E-state index contributed by atoms with van der Waals surface area (Å²) in [4.78, 5) is 2.43. The zero-order valence-corrected chi connectivity index (χ0v) is 27.8. The summed E-state index contributed by atoms with van der Waals surface area (Å²) in [6, 6.07) is 44.1. The molecule has 0 bridgehead atoms. The summed E-state index contributed by atoms with van der Waals surface area (Å²) >= 11 is 1.88. The number of furan rings is 1. The molecule has 6 aromatic carbocycles. The van der Waals surface area contributed by atoms with Gasteiger partial charge in [-0.05, 0) is 95.1 Å². The van der Waals surface area contributed by atoms with Gasteiger partial charge in [0, 0.05) is 42.3 Å². The van der Waals surface area contributed by atoms with Gasteiger partial charge in [0.25, 0.3) is 0 Å². The van der Waals surface area contributed by atoms with E-state index >= 15 is 0 Å². The molecule has 2 aliphatic carbocycles. The molecule has 0 saturated heterocycles. The van der Waals surface area contributed by atoms with E-state index in [0.29, 0.717) is 0 Å². The topological polar surface area (TPSA) is 16.4 Å². The second-order valence-electron chi connectivity index (χ2n) is 13.1. The Kier molecular flexibility index (Phi) is 6.66. The van der Waals surface area contributed by atoms with Gasteiger partial charge in [0.05, 0.1) is 5.69 Å². The quantitative estimate of drug-likeness (QED) is 0.185. The molecule has 0 fully saturated rings. The normalized spacial score (nSPS) is 14.9. The standard InChI is InChI=1S/C46H33NOS/c1-2-10-30(11-3-1)31-20-25-34(26-21-31)47(41-18-9-17-40-44-36-13-5-4-12-32(36)24-29-42(44)48-45(40)41)35-27-22-33(23-28-35)37-15-8-16-39-38-14-6-7-19-43(38)49-46(37)39/h2,4-20,22-25,27-29H,1,3,21,26H2. The first-order valence-corrected chi connectivity index (χ1v) is 18.0. The predicted octanol–water partition coefficient (Wildman–Crippen LogP) is 13.8. The van der Waals surface area contributed by atoms with E-state index in [2.05, 4.69) is 157 Å². The molecule has 49 heavy (non-hydrogen) atoms. The third-order valence-corrected chi connectivity index (χ3v) is 11.4. The van der Waals surface area contributed by atoms with Crippen LogP contribution < -0.4 is 4.90 Å². The fourth-order valence-electron chi connectivity index (χ4n) is 7.86. The van der Waals surface area contributed by atoms with E-state index in [9.17, 15) is 0 Å². The fraction of sp³-hybridized carbons (Fsp3) is 0.0870. The molecule has 0 amide bonds. The lowest BCUT2D eigenvalue weighted by Gasteiger charge is -2.30. The molecule has 2 aliphatic rings. The van der Waals surface area contributed by atoms with Gasteiger partial charge in [-0.25, -0.2) is 0 Å². The van der Waals surface area contributed by atoms with E-state index in [0.717, 1.165) is 53.6 Å². The number of para-hydroxylation sites is 1. The number of nitrogens with zero attached hydrogens (tertiary/aromatic N) is 1. The van der Waals surface area contributed by atoms with Crippen LogP contribution in [0.25, 0.3) is 64.0 Å². The van der Waals surface area contributed by atoms with E-state index in [-0.39, 0.29) is 0 Å². The molecule has 234 valence electrons. The number of hydrogen-bond acceptors (Lipinski definition) is 3. The van der Waals surface area contributed by atoms with E-state index in [1.165, 1.54) is 64.3 Å². The maximum atomic E-state index is 6.77. The monoisotopic (exact) mass is 647 g/mol. The Labute approximate surface area is 289 Å². The molecular formula is C46H33NOS. The maximum absolute atomic E-state index is 6.77. The Bertz CT molecular complexity index is 2710. The molecule has 2 nitrogen and oxygen atoms in total. The summed E-state index contributed by atoms with van der Waals surface area (Å²) in [5, 5.41) is 7.43. The van der Waals surface area contributed by atoms with Crippen LogP contribution in [0.1, 0.15) is 25.7 Å². The highest BCUT2D eigenvalue weighted by Crippen LogP contribution is 2.45. The van der Waals surface area contributed by atoms with Crippen molar-refractivity contribution in [1.82, 2.24) is 0 Å². The Balaban J connectivity index is 1.13.